The number of fused-ring (bicyclic) bond motifs is 1. The van der Waals surface area contributed by atoms with E-state index in [1.54, 1.807) is 34.8 Å². The van der Waals surface area contributed by atoms with E-state index < -0.39 is 35.5 Å². The van der Waals surface area contributed by atoms with Crippen LogP contribution in [0.1, 0.15) is 56.2 Å². The van der Waals surface area contributed by atoms with Crippen LogP contribution < -0.4 is 15.8 Å². The van der Waals surface area contributed by atoms with Crippen LogP contribution in [0.4, 0.5) is 38.9 Å². The lowest BCUT2D eigenvalue weighted by Crippen LogP contribution is -2.59. The molecule has 0 aromatic heterocycles. The zero-order valence-corrected chi connectivity index (χ0v) is 33.2. The predicted molar refractivity (Wildman–Crippen MR) is 206 cm³/mol. The molecule has 5 amide bonds. The number of nitrogen functional groups attached to an aromatic ring is 1. The first kappa shape index (κ1) is 42.0. The van der Waals surface area contributed by atoms with Crippen LogP contribution in [0.15, 0.2) is 30.3 Å². The molecule has 14 nitrogen and oxygen atoms in total. The molecule has 2 aromatic carbocycles. The number of hydrogen-bond donors (Lipinski definition) is 2. The SMILES string of the molecule is CCOC(=O)N1CCN(C2CCN(C(=O)C(Cc3cc(Cl)c(N)c(C(F)(F)F)c3)OC(=O)N3CCC(N4CCc5cc(OC)ccc5NC4=O)CC3)CC2)C(C)C1. The van der Waals surface area contributed by atoms with Crippen LogP contribution in [0.5, 0.6) is 5.75 Å². The van der Waals surface area contributed by atoms with Crippen molar-refractivity contribution in [2.45, 2.75) is 82.8 Å². The second-order valence-electron chi connectivity index (χ2n) is 15.0. The Kier molecular flexibility index (Phi) is 13.2. The van der Waals surface area contributed by atoms with Crippen LogP contribution in [0.3, 0.4) is 0 Å². The maximum absolute atomic E-state index is 14.2. The van der Waals surface area contributed by atoms with Gasteiger partial charge in [0.2, 0.25) is 0 Å². The van der Waals surface area contributed by atoms with Crippen molar-refractivity contribution in [2.24, 2.45) is 0 Å². The summed E-state index contributed by atoms with van der Waals surface area (Å²) in [5.74, 6) is 0.179. The third kappa shape index (κ3) is 9.74. The molecule has 4 aliphatic rings. The van der Waals surface area contributed by atoms with Crippen LogP contribution in [0.25, 0.3) is 0 Å². The van der Waals surface area contributed by atoms with Crippen LogP contribution >= 0.6 is 11.6 Å². The number of hydrogen-bond acceptors (Lipinski definition) is 9. The van der Waals surface area contributed by atoms with E-state index in [2.05, 4.69) is 10.2 Å². The molecule has 0 spiro atoms. The van der Waals surface area contributed by atoms with Crippen molar-refractivity contribution >= 4 is 47.1 Å². The fourth-order valence-electron chi connectivity index (χ4n) is 8.40. The molecule has 4 aliphatic heterocycles. The number of nitrogens with two attached hydrogens (primary N) is 1. The molecule has 4 heterocycles. The van der Waals surface area contributed by atoms with Crippen molar-refractivity contribution < 1.29 is 46.6 Å². The maximum Gasteiger partial charge on any atom is 0.418 e. The first-order valence-electron chi connectivity index (χ1n) is 19.5. The summed E-state index contributed by atoms with van der Waals surface area (Å²) in [6.45, 7) is 7.47. The molecular formula is C39H51ClF3N7O7. The number of urea groups is 1. The molecule has 2 unspecified atom stereocenters. The summed E-state index contributed by atoms with van der Waals surface area (Å²) >= 11 is 6.14. The van der Waals surface area contributed by atoms with Gasteiger partial charge in [0.25, 0.3) is 5.91 Å². The molecule has 18 heteroatoms. The fraction of sp³-hybridized carbons (Fsp3) is 0.590. The van der Waals surface area contributed by atoms with Crippen LogP contribution in [-0.4, -0.2) is 139 Å². The Morgan fingerprint density at radius 2 is 1.61 bits per heavy atom. The number of carbonyl (C=O) groups excluding carboxylic acids is 4. The molecule has 3 N–H and O–H groups in total. The maximum atomic E-state index is 14.2. The third-order valence-electron chi connectivity index (χ3n) is 11.5. The number of benzene rings is 2. The number of nitrogens with one attached hydrogen (secondary N) is 1. The smallest absolute Gasteiger partial charge is 0.418 e. The van der Waals surface area contributed by atoms with Gasteiger partial charge in [0, 0.05) is 82.6 Å². The summed E-state index contributed by atoms with van der Waals surface area (Å²) in [6, 6.07) is 7.42. The molecule has 2 atom stereocenters. The topological polar surface area (TPSA) is 150 Å². The lowest BCUT2D eigenvalue weighted by atomic mass is 9.98. The number of methoxy groups -OCH3 is 1. The number of halogens is 4. The Balaban J connectivity index is 1.11. The van der Waals surface area contributed by atoms with E-state index in [0.717, 1.165) is 17.3 Å². The normalized spacial score (nSPS) is 20.7. The van der Waals surface area contributed by atoms with Crippen molar-refractivity contribution in [3.63, 3.8) is 0 Å². The van der Waals surface area contributed by atoms with Crippen molar-refractivity contribution in [1.82, 2.24) is 24.5 Å². The van der Waals surface area contributed by atoms with Crippen molar-refractivity contribution in [1.29, 1.82) is 0 Å². The van der Waals surface area contributed by atoms with E-state index in [-0.39, 0.29) is 60.3 Å². The molecule has 3 fully saturated rings. The first-order chi connectivity index (χ1) is 27.2. The van der Waals surface area contributed by atoms with Gasteiger partial charge in [0.1, 0.15) is 5.75 Å². The highest BCUT2D eigenvalue weighted by Gasteiger charge is 2.39. The predicted octanol–water partition coefficient (Wildman–Crippen LogP) is 5.71. The van der Waals surface area contributed by atoms with E-state index >= 15 is 0 Å². The Hall–Kier alpha value is -4.64. The van der Waals surface area contributed by atoms with Gasteiger partial charge in [0.05, 0.1) is 30.0 Å². The van der Waals surface area contributed by atoms with E-state index in [0.29, 0.717) is 83.7 Å². The molecular weight excluding hydrogens is 771 g/mol. The lowest BCUT2D eigenvalue weighted by Gasteiger charge is -2.46. The van der Waals surface area contributed by atoms with Gasteiger partial charge in [-0.05, 0) is 87.4 Å². The quantitative estimate of drug-likeness (QED) is 0.320. The van der Waals surface area contributed by atoms with Crippen LogP contribution in [0.2, 0.25) is 5.02 Å². The van der Waals surface area contributed by atoms with Crippen molar-refractivity contribution in [3.8, 4) is 5.75 Å². The number of anilines is 2. The minimum Gasteiger partial charge on any atom is -0.497 e. The van der Waals surface area contributed by atoms with Crippen molar-refractivity contribution in [3.05, 3.63) is 52.0 Å². The Morgan fingerprint density at radius 1 is 0.930 bits per heavy atom. The number of piperazine rings is 1. The molecule has 0 aliphatic carbocycles. The van der Waals surface area contributed by atoms with Gasteiger partial charge >= 0.3 is 24.4 Å². The molecule has 2 aromatic rings. The van der Waals surface area contributed by atoms with Crippen LogP contribution in [-0.2, 0) is 33.3 Å². The van der Waals surface area contributed by atoms with Crippen molar-refractivity contribution in [2.75, 3.05) is 77.1 Å². The highest BCUT2D eigenvalue weighted by atomic mass is 35.5. The summed E-state index contributed by atoms with van der Waals surface area (Å²) in [5.41, 5.74) is 5.63. The average Bonchev–Trinajstić information content (AvgIpc) is 3.35. The highest BCUT2D eigenvalue weighted by Crippen LogP contribution is 2.38. The lowest BCUT2D eigenvalue weighted by molar-refractivity contribution is -0.142. The highest BCUT2D eigenvalue weighted by molar-refractivity contribution is 6.33. The number of piperidine rings is 2. The van der Waals surface area contributed by atoms with E-state index in [1.807, 2.05) is 19.1 Å². The summed E-state index contributed by atoms with van der Waals surface area (Å²) in [5, 5.41) is 2.65. The number of amides is 5. The standard InChI is InChI=1S/C39H51ClF3N7O7/c1-4-56-37(53)48-17-18-49(24(2)23-48)27-8-12-46(13-9-27)35(51)33(21-25-19-30(39(41,42)43)34(44)31(40)20-25)57-38(54)47-14-10-28(11-15-47)50-16-7-26-22-29(55-3)5-6-32(26)45-36(50)52/h5-6,19-20,22,24,27-28,33H,4,7-18,21,23,44H2,1-3H3,(H,45,52). The molecule has 57 heavy (non-hydrogen) atoms. The molecule has 3 saturated heterocycles. The minimum atomic E-state index is -4.80. The molecule has 312 valence electrons. The average molecular weight is 822 g/mol. The van der Waals surface area contributed by atoms with Gasteiger partial charge in [-0.3, -0.25) is 9.69 Å². The van der Waals surface area contributed by atoms with Gasteiger partial charge < -0.3 is 44.9 Å². The van der Waals surface area contributed by atoms with E-state index in [9.17, 15) is 32.3 Å². The minimum absolute atomic E-state index is 0.0420. The van der Waals surface area contributed by atoms with Gasteiger partial charge in [-0.1, -0.05) is 11.6 Å². The number of alkyl halides is 3. The van der Waals surface area contributed by atoms with E-state index in [4.69, 9.17) is 31.5 Å². The number of rotatable bonds is 8. The third-order valence-corrected chi connectivity index (χ3v) is 11.8. The molecule has 0 saturated carbocycles. The van der Waals surface area contributed by atoms with E-state index in [1.165, 1.54) is 11.0 Å². The van der Waals surface area contributed by atoms with Gasteiger partial charge in [0.15, 0.2) is 6.10 Å². The fourth-order valence-corrected chi connectivity index (χ4v) is 8.64. The Labute approximate surface area is 335 Å². The van der Waals surface area contributed by atoms with Gasteiger partial charge in [-0.25, -0.2) is 14.4 Å². The zero-order chi connectivity index (χ0) is 41.0. The summed E-state index contributed by atoms with van der Waals surface area (Å²) < 4.78 is 58.1. The zero-order valence-electron chi connectivity index (χ0n) is 32.5. The largest absolute Gasteiger partial charge is 0.497 e. The summed E-state index contributed by atoms with van der Waals surface area (Å²) in [6.07, 6.45) is -4.91. The number of likely N-dealkylation sites (tertiary alicyclic amines) is 2. The first-order valence-corrected chi connectivity index (χ1v) is 19.9. The van der Waals surface area contributed by atoms with Gasteiger partial charge in [-0.2, -0.15) is 13.2 Å². The molecule has 0 radical (unpaired) electrons. The molecule has 0 bridgehead atoms. The second-order valence-corrected chi connectivity index (χ2v) is 15.4. The number of carbonyl (C=O) groups is 4. The Bertz CT molecular complexity index is 1800. The Morgan fingerprint density at radius 3 is 2.26 bits per heavy atom. The summed E-state index contributed by atoms with van der Waals surface area (Å²) in [4.78, 5) is 62.3. The monoisotopic (exact) mass is 821 g/mol. The summed E-state index contributed by atoms with van der Waals surface area (Å²) in [7, 11) is 1.58. The molecule has 6 rings (SSSR count). The second kappa shape index (κ2) is 17.9. The number of nitrogens with zero attached hydrogens (tertiary/aromatic N) is 5. The van der Waals surface area contributed by atoms with Crippen LogP contribution in [0, 0.1) is 0 Å². The van der Waals surface area contributed by atoms with Gasteiger partial charge in [-0.15, -0.1) is 0 Å². The number of ether oxygens (including phenoxy) is 3.